The lowest BCUT2D eigenvalue weighted by Crippen LogP contribution is -2.47. The van der Waals surface area contributed by atoms with Crippen molar-refractivity contribution in [2.45, 2.75) is 37.4 Å². The van der Waals surface area contributed by atoms with Crippen LogP contribution in [-0.2, 0) is 37.6 Å². The molecule has 3 aromatic carbocycles. The summed E-state index contributed by atoms with van der Waals surface area (Å²) in [5, 5.41) is 24.8. The number of benzene rings is 3. The number of anilines is 6. The fraction of sp³-hybridized carbons (Fsp3) is 0.269. The van der Waals surface area contributed by atoms with Gasteiger partial charge in [-0.1, -0.05) is 36.4 Å². The highest BCUT2D eigenvalue weighted by Crippen LogP contribution is 2.35. The quantitative estimate of drug-likeness (QED) is 0.0880. The molecule has 3 atom stereocenters. The van der Waals surface area contributed by atoms with Crippen molar-refractivity contribution in [2.75, 3.05) is 108 Å². The van der Waals surface area contributed by atoms with E-state index in [0.717, 1.165) is 35.2 Å². The van der Waals surface area contributed by atoms with Crippen LogP contribution >= 0.6 is 0 Å². The van der Waals surface area contributed by atoms with Gasteiger partial charge in [0.25, 0.3) is 0 Å². The van der Waals surface area contributed by atoms with E-state index in [-0.39, 0.29) is 74.6 Å². The van der Waals surface area contributed by atoms with Crippen molar-refractivity contribution in [1.82, 2.24) is 103 Å². The highest BCUT2D eigenvalue weighted by atomic mass is 19.1. The average Bonchev–Trinajstić information content (AvgIpc) is 1.63. The zero-order valence-electron chi connectivity index (χ0n) is 77.7. The molecule has 111 heavy (non-hydrogen) atoms. The third-order valence-electron chi connectivity index (χ3n) is 19.1. The second-order valence-corrected chi connectivity index (χ2v) is 26.6. The van der Waals surface area contributed by atoms with Crippen LogP contribution < -0.4 is 46.6 Å². The number of aryl methyl sites for hydroxylation is 3. The summed E-state index contributed by atoms with van der Waals surface area (Å²) in [4.78, 5) is 46.2. The number of halogens is 3. The number of piperazine rings is 3. The molecule has 30 nitrogen and oxygen atoms in total. The molecule has 3 aliphatic heterocycles. The van der Waals surface area contributed by atoms with E-state index in [9.17, 15) is 13.2 Å². The van der Waals surface area contributed by atoms with Gasteiger partial charge in [0.1, 0.15) is 53.0 Å². The van der Waals surface area contributed by atoms with E-state index in [2.05, 4.69) is 75.4 Å². The Morgan fingerprint density at radius 1 is 0.324 bits per heavy atom. The summed E-state index contributed by atoms with van der Waals surface area (Å²) in [6.45, 7) is -14.8. The third-order valence-corrected chi connectivity index (χ3v) is 19.1. The maximum absolute atomic E-state index is 13.4. The van der Waals surface area contributed by atoms with Gasteiger partial charge in [0, 0.05) is 232 Å². The zero-order chi connectivity index (χ0) is 92.5. The lowest BCUT2D eigenvalue weighted by Gasteiger charge is -2.35. The first kappa shape index (κ1) is 53.6. The highest BCUT2D eigenvalue weighted by molar-refractivity contribution is 5.80. The van der Waals surface area contributed by atoms with Crippen LogP contribution in [0.5, 0.6) is 0 Å². The molecule has 3 aliphatic rings. The largest absolute Gasteiger partial charge is 0.351 e. The fourth-order valence-electron chi connectivity index (χ4n) is 12.6. The van der Waals surface area contributed by atoms with Crippen molar-refractivity contribution in [2.24, 2.45) is 38.2 Å². The molecule has 15 aromatic rings. The Bertz CT molecular complexity index is 6280. The van der Waals surface area contributed by atoms with Gasteiger partial charge in [-0.15, -0.1) is 0 Å². The minimum absolute atomic E-state index is 0.118. The van der Waals surface area contributed by atoms with Crippen LogP contribution in [0.3, 0.4) is 0 Å². The molecule has 0 aliphatic carbocycles. The molecule has 3 fully saturated rings. The van der Waals surface area contributed by atoms with Crippen LogP contribution in [0.2, 0.25) is 0 Å². The van der Waals surface area contributed by atoms with Crippen molar-refractivity contribution in [3.63, 3.8) is 0 Å². The first-order valence-corrected chi connectivity index (χ1v) is 34.4. The number of nitrogens with two attached hydrogens (primary N) is 3. The predicted octanol–water partition coefficient (Wildman–Crippen LogP) is 7.82. The van der Waals surface area contributed by atoms with Gasteiger partial charge in [0.05, 0.1) is 51.7 Å². The first-order chi connectivity index (χ1) is 60.5. The Balaban J connectivity index is 0.000000142. The molecule has 18 rings (SSSR count). The van der Waals surface area contributed by atoms with Gasteiger partial charge in [-0.05, 0) is 92.1 Å². The van der Waals surface area contributed by atoms with Crippen molar-refractivity contribution in [3.05, 3.63) is 254 Å². The Labute approximate surface area is 661 Å². The molecular weight excluding hydrogens is 1410 g/mol. The second kappa shape index (κ2) is 29.8. The van der Waals surface area contributed by atoms with Gasteiger partial charge in [-0.2, -0.15) is 30.6 Å². The number of rotatable bonds is 15. The molecule has 15 heterocycles. The van der Waals surface area contributed by atoms with E-state index in [1.54, 1.807) is 102 Å². The molecule has 33 heteroatoms. The predicted molar refractivity (Wildman–Crippen MR) is 416 cm³/mol. The maximum atomic E-state index is 13.4. The zero-order valence-corrected chi connectivity index (χ0v) is 59.7. The standard InChI is InChI=1S/3C26H27FN10/c3*1-26(28,20-3-5-22(27)6-4-20)21-13-29-25(30-14-21)36-9-7-35(8-10-36)24-23-11-18(16-37(23)33-17-31-24)19-12-32-34(2)15-19/h3*3-6,11-17H,7-10,28H2,1-2H3/i2*2D3,9D2,10D2;9D2,10D2. The number of aromatic nitrogens is 21. The van der Waals surface area contributed by atoms with Crippen LogP contribution in [0.15, 0.2) is 203 Å². The van der Waals surface area contributed by atoms with Crippen molar-refractivity contribution < 1.29 is 37.8 Å². The van der Waals surface area contributed by atoms with Crippen LogP contribution in [0.25, 0.3) is 49.9 Å². The summed E-state index contributed by atoms with van der Waals surface area (Å²) in [5.74, 6) is -0.652. The van der Waals surface area contributed by atoms with Crippen molar-refractivity contribution >= 4 is 51.8 Å². The van der Waals surface area contributed by atoms with Gasteiger partial charge in [-0.25, -0.2) is 71.6 Å². The van der Waals surface area contributed by atoms with Gasteiger partial charge in [-0.3, -0.25) is 14.0 Å². The summed E-state index contributed by atoms with van der Waals surface area (Å²) in [6, 6.07) is 22.5. The topological polar surface area (TPSA) is 319 Å². The van der Waals surface area contributed by atoms with Crippen molar-refractivity contribution in [3.8, 4) is 33.4 Å². The molecule has 0 saturated carbocycles. The van der Waals surface area contributed by atoms with E-state index in [1.165, 1.54) is 136 Å². The number of fused-ring (bicyclic) bond motifs is 3. The smallest absolute Gasteiger partial charge is 0.225 e. The molecule has 0 bridgehead atoms. The van der Waals surface area contributed by atoms with Crippen LogP contribution in [0, 0.1) is 17.5 Å². The molecule has 0 spiro atoms. The summed E-state index contributed by atoms with van der Waals surface area (Å²) in [6.07, 6.45) is 26.8. The summed E-state index contributed by atoms with van der Waals surface area (Å²) in [5.41, 5.74) is 25.2. The Hall–Kier alpha value is -13.1. The third kappa shape index (κ3) is 14.9. The van der Waals surface area contributed by atoms with Gasteiger partial charge in [0.15, 0.2) is 17.5 Å². The lowest BCUT2D eigenvalue weighted by molar-refractivity contribution is 0.585. The van der Waals surface area contributed by atoms with Gasteiger partial charge < -0.3 is 46.6 Å². The Morgan fingerprint density at radius 2 is 0.586 bits per heavy atom. The molecule has 3 saturated heterocycles. The maximum Gasteiger partial charge on any atom is 0.225 e. The molecule has 6 N–H and O–H groups in total. The lowest BCUT2D eigenvalue weighted by atomic mass is 9.87. The van der Waals surface area contributed by atoms with E-state index in [0.29, 0.717) is 78.0 Å². The molecule has 0 amide bonds. The van der Waals surface area contributed by atoms with Crippen LogP contribution in [0.1, 0.15) is 78.8 Å². The minimum atomic E-state index is -2.43. The first-order valence-electron chi connectivity index (χ1n) is 43.4. The summed E-state index contributed by atoms with van der Waals surface area (Å²) in [7, 11) is 1.83. The van der Waals surface area contributed by atoms with Crippen LogP contribution in [-0.4, -0.2) is 181 Å². The fourth-order valence-corrected chi connectivity index (χ4v) is 12.6. The number of nitrogens with zero attached hydrogens (tertiary/aromatic N) is 27. The number of hydrogen-bond acceptors (Lipinski definition) is 24. The minimum Gasteiger partial charge on any atom is -0.351 e. The van der Waals surface area contributed by atoms with E-state index in [4.69, 9.17) is 41.9 Å². The van der Waals surface area contributed by atoms with Gasteiger partial charge in [0.2, 0.25) is 17.8 Å². The van der Waals surface area contributed by atoms with E-state index < -0.39 is 81.2 Å². The van der Waals surface area contributed by atoms with Crippen molar-refractivity contribution in [1.29, 1.82) is 0 Å². The molecular formula is C78H81F3N30. The summed E-state index contributed by atoms with van der Waals surface area (Å²) >= 11 is 0. The Morgan fingerprint density at radius 3 is 0.838 bits per heavy atom. The second-order valence-electron chi connectivity index (χ2n) is 26.6. The average molecular weight is 1510 g/mol. The highest BCUT2D eigenvalue weighted by Gasteiger charge is 2.32. The normalized spacial score (nSPS) is 21.1. The molecule has 0 radical (unpaired) electrons. The van der Waals surface area contributed by atoms with E-state index in [1.807, 2.05) is 25.5 Å². The van der Waals surface area contributed by atoms with E-state index >= 15 is 0 Å². The van der Waals surface area contributed by atoms with Crippen LogP contribution in [0.4, 0.5) is 48.5 Å². The SMILES string of the molecule is [2H]C1([2H])CN(c2ncnn3cc(-c4cnn(C([2H])([2H])[2H])c4)cc23)CC([2H])([2H])N1c1ncc(C(C)(N)c2ccc(F)cc2)cn1.[2H]C1([2H])CN(c2ncnn3cc(-c4cnn(C([2H])([2H])[2H])c4)cc23)CC([2H])([2H])N1c1ncc(C(C)(N)c2ccc(F)cc2)cn1.[2H]C1([2H])CN(c2ncnn3cc(-c4cnn(C)c4)cc23)CC([2H])([2H])N1c1ncc(C(C)(N)c2ccc(F)cc2)cn1. The van der Waals surface area contributed by atoms with Gasteiger partial charge >= 0.3 is 0 Å². The molecule has 12 aromatic heterocycles. The monoisotopic (exact) mass is 1510 g/mol. The molecule has 564 valence electrons. The molecule has 3 unspecified atom stereocenters. The summed E-state index contributed by atoms with van der Waals surface area (Å²) < 4.78 is 200. The Kier molecular flexibility index (Phi) is 14.4. The number of hydrogen-bond donors (Lipinski definition) is 3.